The molecule has 5 heteroatoms. The van der Waals surface area contributed by atoms with E-state index in [-0.39, 0.29) is 0 Å². The first kappa shape index (κ1) is 12.9. The molecule has 0 saturated carbocycles. The Kier molecular flexibility index (Phi) is 3.36. The molecule has 0 unspecified atom stereocenters. The van der Waals surface area contributed by atoms with Gasteiger partial charge in [0.1, 0.15) is 23.5 Å². The number of hydrogen-bond donors (Lipinski definition) is 1. The first-order valence-corrected chi connectivity index (χ1v) is 6.40. The summed E-state index contributed by atoms with van der Waals surface area (Å²) in [7, 11) is 1.91. The van der Waals surface area contributed by atoms with Crippen LogP contribution >= 0.6 is 0 Å². The van der Waals surface area contributed by atoms with Gasteiger partial charge in [0, 0.05) is 18.8 Å². The van der Waals surface area contributed by atoms with Gasteiger partial charge in [-0.15, -0.1) is 0 Å². The van der Waals surface area contributed by atoms with E-state index in [1.807, 2.05) is 41.9 Å². The van der Waals surface area contributed by atoms with Crippen molar-refractivity contribution < 1.29 is 0 Å². The molecule has 3 aromatic rings. The second-order valence-electron chi connectivity index (χ2n) is 4.49. The van der Waals surface area contributed by atoms with Gasteiger partial charge in [0.15, 0.2) is 0 Å². The van der Waals surface area contributed by atoms with E-state index < -0.39 is 0 Å². The van der Waals surface area contributed by atoms with Crippen molar-refractivity contribution >= 4 is 5.82 Å². The maximum Gasteiger partial charge on any atom is 0.142 e. The molecule has 0 aliphatic heterocycles. The molecule has 21 heavy (non-hydrogen) atoms. The second-order valence-corrected chi connectivity index (χ2v) is 4.49. The van der Waals surface area contributed by atoms with Crippen molar-refractivity contribution in [3.63, 3.8) is 0 Å². The van der Waals surface area contributed by atoms with Gasteiger partial charge in [-0.25, -0.2) is 15.0 Å². The minimum atomic E-state index is 0.376. The molecule has 0 bridgehead atoms. The number of aryl methyl sites for hydroxylation is 1. The van der Waals surface area contributed by atoms with Gasteiger partial charge in [-0.1, -0.05) is 36.3 Å². The molecule has 2 N–H and O–H groups in total. The van der Waals surface area contributed by atoms with Gasteiger partial charge in [-0.3, -0.25) is 0 Å². The molecule has 0 aliphatic carbocycles. The quantitative estimate of drug-likeness (QED) is 0.688. The molecule has 1 aromatic carbocycles. The fourth-order valence-electron chi connectivity index (χ4n) is 1.95. The Bertz CT molecular complexity index is 825. The number of benzene rings is 1. The smallest absolute Gasteiger partial charge is 0.142 e. The molecular formula is C16H13N5. The summed E-state index contributed by atoms with van der Waals surface area (Å²) in [6.45, 7) is 0. The standard InChI is InChI=1S/C16H13N5/c1-21-11-20-15(12-5-3-2-4-6-12)14(21)8-7-13-9-18-10-19-16(13)17/h2-6,9-11H,1H3,(H2,17,18,19). The number of nitrogens with two attached hydrogens (primary N) is 1. The van der Waals surface area contributed by atoms with Gasteiger partial charge < -0.3 is 10.3 Å². The fraction of sp³-hybridized carbons (Fsp3) is 0.0625. The topological polar surface area (TPSA) is 69.6 Å². The zero-order valence-electron chi connectivity index (χ0n) is 11.5. The van der Waals surface area contributed by atoms with Crippen LogP contribution in [0.3, 0.4) is 0 Å². The van der Waals surface area contributed by atoms with Crippen molar-refractivity contribution in [2.45, 2.75) is 0 Å². The van der Waals surface area contributed by atoms with Crippen LogP contribution in [-0.2, 0) is 7.05 Å². The van der Waals surface area contributed by atoms with E-state index in [1.54, 1.807) is 12.5 Å². The minimum absolute atomic E-state index is 0.376. The van der Waals surface area contributed by atoms with Crippen LogP contribution in [0.1, 0.15) is 11.3 Å². The van der Waals surface area contributed by atoms with Gasteiger partial charge in [0.25, 0.3) is 0 Å². The first-order chi connectivity index (χ1) is 10.3. The number of aromatic nitrogens is 4. The summed E-state index contributed by atoms with van der Waals surface area (Å²) < 4.78 is 1.88. The van der Waals surface area contributed by atoms with E-state index in [4.69, 9.17) is 5.73 Å². The summed E-state index contributed by atoms with van der Waals surface area (Å²) in [6, 6.07) is 9.94. The van der Waals surface area contributed by atoms with E-state index >= 15 is 0 Å². The van der Waals surface area contributed by atoms with Crippen LogP contribution in [0, 0.1) is 11.8 Å². The highest BCUT2D eigenvalue weighted by atomic mass is 15.0. The van der Waals surface area contributed by atoms with Crippen molar-refractivity contribution in [1.29, 1.82) is 0 Å². The second kappa shape index (κ2) is 5.47. The average Bonchev–Trinajstić information content (AvgIpc) is 2.88. The Morgan fingerprint density at radius 3 is 2.67 bits per heavy atom. The molecule has 0 radical (unpaired) electrons. The minimum Gasteiger partial charge on any atom is -0.383 e. The highest BCUT2D eigenvalue weighted by molar-refractivity contribution is 5.66. The van der Waals surface area contributed by atoms with Crippen molar-refractivity contribution in [2.75, 3.05) is 5.73 Å². The van der Waals surface area contributed by atoms with Gasteiger partial charge in [-0.05, 0) is 5.92 Å². The van der Waals surface area contributed by atoms with Crippen LogP contribution in [-0.4, -0.2) is 19.5 Å². The zero-order chi connectivity index (χ0) is 14.7. The molecule has 0 spiro atoms. The SMILES string of the molecule is Cn1cnc(-c2ccccc2)c1C#Cc1cncnc1N. The van der Waals surface area contributed by atoms with Crippen LogP contribution < -0.4 is 5.73 Å². The molecule has 0 fully saturated rings. The summed E-state index contributed by atoms with van der Waals surface area (Å²) in [5.74, 6) is 6.49. The zero-order valence-corrected chi connectivity index (χ0v) is 11.5. The monoisotopic (exact) mass is 275 g/mol. The third kappa shape index (κ3) is 2.60. The van der Waals surface area contributed by atoms with Crippen LogP contribution in [0.2, 0.25) is 0 Å². The van der Waals surface area contributed by atoms with Crippen LogP contribution in [0.25, 0.3) is 11.3 Å². The van der Waals surface area contributed by atoms with Gasteiger partial charge in [0.2, 0.25) is 0 Å². The lowest BCUT2D eigenvalue weighted by atomic mass is 10.1. The molecule has 102 valence electrons. The largest absolute Gasteiger partial charge is 0.383 e. The Hall–Kier alpha value is -3.13. The van der Waals surface area contributed by atoms with E-state index in [1.165, 1.54) is 6.33 Å². The maximum atomic E-state index is 5.77. The summed E-state index contributed by atoms with van der Waals surface area (Å²) in [6.07, 6.45) is 4.76. The molecule has 2 heterocycles. The van der Waals surface area contributed by atoms with Crippen molar-refractivity contribution in [2.24, 2.45) is 7.05 Å². The van der Waals surface area contributed by atoms with Crippen LogP contribution in [0.15, 0.2) is 49.2 Å². The molecular weight excluding hydrogens is 262 g/mol. The lowest BCUT2D eigenvalue weighted by Gasteiger charge is -1.99. The number of rotatable bonds is 1. The lowest BCUT2D eigenvalue weighted by Crippen LogP contribution is -1.96. The number of nitrogens with zero attached hydrogens (tertiary/aromatic N) is 4. The highest BCUT2D eigenvalue weighted by Gasteiger charge is 2.08. The van der Waals surface area contributed by atoms with Crippen molar-refractivity contribution in [3.8, 4) is 23.1 Å². The molecule has 0 aliphatic rings. The Balaban J connectivity index is 2.05. The third-order valence-electron chi connectivity index (χ3n) is 3.04. The molecule has 2 aromatic heterocycles. The highest BCUT2D eigenvalue weighted by Crippen LogP contribution is 2.20. The molecule has 0 amide bonds. The first-order valence-electron chi connectivity index (χ1n) is 6.40. The number of imidazole rings is 1. The number of hydrogen-bond acceptors (Lipinski definition) is 4. The fourth-order valence-corrected chi connectivity index (χ4v) is 1.95. The van der Waals surface area contributed by atoms with Crippen molar-refractivity contribution in [3.05, 3.63) is 60.4 Å². The molecule has 0 saturated heterocycles. The summed E-state index contributed by atoms with van der Waals surface area (Å²) in [5.41, 5.74) is 9.08. The van der Waals surface area contributed by atoms with Crippen molar-refractivity contribution in [1.82, 2.24) is 19.5 Å². The molecule has 0 atom stereocenters. The number of anilines is 1. The van der Waals surface area contributed by atoms with Crippen LogP contribution in [0.4, 0.5) is 5.82 Å². The normalized spacial score (nSPS) is 9.95. The third-order valence-corrected chi connectivity index (χ3v) is 3.04. The summed E-state index contributed by atoms with van der Waals surface area (Å²) in [5, 5.41) is 0. The average molecular weight is 275 g/mol. The maximum absolute atomic E-state index is 5.77. The van der Waals surface area contributed by atoms with E-state index in [9.17, 15) is 0 Å². The summed E-state index contributed by atoms with van der Waals surface area (Å²) in [4.78, 5) is 12.3. The predicted molar refractivity (Wildman–Crippen MR) is 81.1 cm³/mol. The van der Waals surface area contributed by atoms with Gasteiger partial charge in [0.05, 0.1) is 11.9 Å². The van der Waals surface area contributed by atoms with E-state index in [2.05, 4.69) is 26.8 Å². The predicted octanol–water partition coefficient (Wildman–Crippen LogP) is 1.86. The van der Waals surface area contributed by atoms with E-state index in [0.29, 0.717) is 11.4 Å². The Labute approximate surface area is 122 Å². The van der Waals surface area contributed by atoms with Crippen LogP contribution in [0.5, 0.6) is 0 Å². The van der Waals surface area contributed by atoms with E-state index in [0.717, 1.165) is 17.0 Å². The lowest BCUT2D eigenvalue weighted by molar-refractivity contribution is 0.899. The number of nitrogen functional groups attached to an aromatic ring is 1. The Morgan fingerprint density at radius 1 is 1.10 bits per heavy atom. The van der Waals surface area contributed by atoms with Gasteiger partial charge in [-0.2, -0.15) is 0 Å². The molecule has 5 nitrogen and oxygen atoms in total. The summed E-state index contributed by atoms with van der Waals surface area (Å²) >= 11 is 0. The molecule has 3 rings (SSSR count). The Morgan fingerprint density at radius 2 is 1.90 bits per heavy atom. The van der Waals surface area contributed by atoms with Gasteiger partial charge >= 0.3 is 0 Å².